The number of hydrogen-bond acceptors (Lipinski definition) is 4. The van der Waals surface area contributed by atoms with Gasteiger partial charge >= 0.3 is 5.97 Å². The number of halogens is 1. The molecule has 1 atom stereocenters. The highest BCUT2D eigenvalue weighted by molar-refractivity contribution is 14.1. The van der Waals surface area contributed by atoms with Gasteiger partial charge in [0, 0.05) is 6.54 Å². The Labute approximate surface area is 133 Å². The Hall–Kier alpha value is -0.670. The van der Waals surface area contributed by atoms with Crippen LogP contribution in [-0.2, 0) is 26.0 Å². The predicted molar refractivity (Wildman–Crippen MR) is 85.4 cm³/mol. The van der Waals surface area contributed by atoms with Crippen molar-refractivity contribution in [2.24, 2.45) is 0 Å². The van der Waals surface area contributed by atoms with Gasteiger partial charge in [0.05, 0.1) is 12.0 Å². The Bertz CT molecular complexity index is 542. The lowest BCUT2D eigenvalue weighted by molar-refractivity contribution is -0.139. The number of carbonyl (C=O) groups excluding carboxylic acids is 1. The molecule has 0 aliphatic heterocycles. The molecule has 0 spiro atoms. The zero-order chi connectivity index (χ0) is 15.2. The zero-order valence-corrected chi connectivity index (χ0v) is 14.4. The molecule has 0 heterocycles. The van der Waals surface area contributed by atoms with Crippen molar-refractivity contribution in [1.82, 2.24) is 4.72 Å². The zero-order valence-electron chi connectivity index (χ0n) is 11.4. The van der Waals surface area contributed by atoms with Gasteiger partial charge in [0.25, 0.3) is 0 Å². The van der Waals surface area contributed by atoms with Crippen molar-refractivity contribution < 1.29 is 17.9 Å². The van der Waals surface area contributed by atoms with E-state index in [4.69, 9.17) is 0 Å². The highest BCUT2D eigenvalue weighted by Gasteiger charge is 2.20. The molecule has 0 radical (unpaired) electrons. The van der Waals surface area contributed by atoms with Gasteiger partial charge < -0.3 is 4.74 Å². The average molecular weight is 411 g/mol. The van der Waals surface area contributed by atoms with Gasteiger partial charge in [-0.2, -0.15) is 0 Å². The lowest BCUT2D eigenvalue weighted by Gasteiger charge is -2.10. The van der Waals surface area contributed by atoms with Crippen LogP contribution in [0.2, 0.25) is 0 Å². The van der Waals surface area contributed by atoms with E-state index < -0.39 is 19.9 Å². The second-order valence-corrected chi connectivity index (χ2v) is 7.51. The van der Waals surface area contributed by atoms with Gasteiger partial charge in [0.2, 0.25) is 10.0 Å². The Morgan fingerprint density at radius 3 is 2.45 bits per heavy atom. The maximum absolute atomic E-state index is 12.1. The van der Waals surface area contributed by atoms with Crippen LogP contribution in [0.4, 0.5) is 0 Å². The first-order valence-electron chi connectivity index (χ1n) is 6.21. The van der Waals surface area contributed by atoms with Crippen LogP contribution in [0.5, 0.6) is 0 Å². The van der Waals surface area contributed by atoms with Gasteiger partial charge in [-0.1, -0.05) is 48.1 Å². The number of methoxy groups -OCH3 is 1. The van der Waals surface area contributed by atoms with Gasteiger partial charge in [-0.3, -0.25) is 4.79 Å². The third kappa shape index (κ3) is 5.02. The third-order valence-corrected chi connectivity index (χ3v) is 5.07. The Morgan fingerprint density at radius 2 is 1.95 bits per heavy atom. The van der Waals surface area contributed by atoms with E-state index in [0.717, 1.165) is 18.4 Å². The summed E-state index contributed by atoms with van der Waals surface area (Å²) in [5, 5.41) is 0. The number of ether oxygens (including phenoxy) is 1. The summed E-state index contributed by atoms with van der Waals surface area (Å²) in [7, 11) is -2.32. The third-order valence-electron chi connectivity index (χ3n) is 2.68. The molecule has 0 saturated carbocycles. The summed E-state index contributed by atoms with van der Waals surface area (Å²) >= 11 is 1.84. The lowest BCUT2D eigenvalue weighted by Crippen LogP contribution is -2.33. The molecule has 0 aromatic heterocycles. The van der Waals surface area contributed by atoms with Crippen molar-refractivity contribution in [3.63, 3.8) is 0 Å². The molecular weight excluding hydrogens is 393 g/mol. The molecule has 20 heavy (non-hydrogen) atoms. The molecule has 1 aromatic carbocycles. The topological polar surface area (TPSA) is 72.5 Å². The van der Waals surface area contributed by atoms with Crippen LogP contribution in [0.15, 0.2) is 29.2 Å². The van der Waals surface area contributed by atoms with Gasteiger partial charge in [-0.25, -0.2) is 13.1 Å². The number of nitrogens with one attached hydrogen (secondary N) is 1. The van der Waals surface area contributed by atoms with E-state index in [2.05, 4.69) is 16.4 Å². The Kier molecular flexibility index (Phi) is 6.90. The maximum Gasteiger partial charge on any atom is 0.319 e. The molecule has 1 rings (SSSR count). The lowest BCUT2D eigenvalue weighted by atomic mass is 10.1. The van der Waals surface area contributed by atoms with Crippen LogP contribution in [0.25, 0.3) is 0 Å². The summed E-state index contributed by atoms with van der Waals surface area (Å²) < 4.78 is 30.5. The molecule has 1 unspecified atom stereocenters. The van der Waals surface area contributed by atoms with Gasteiger partial charge in [-0.15, -0.1) is 0 Å². The van der Waals surface area contributed by atoms with Crippen LogP contribution in [-0.4, -0.2) is 32.0 Å². The summed E-state index contributed by atoms with van der Waals surface area (Å²) in [6.45, 7) is 2.08. The van der Waals surface area contributed by atoms with Crippen molar-refractivity contribution in [2.75, 3.05) is 13.7 Å². The summed E-state index contributed by atoms with van der Waals surface area (Å²) in [5.41, 5.74) is 1.10. The van der Waals surface area contributed by atoms with Crippen molar-refractivity contribution >= 4 is 38.6 Å². The monoisotopic (exact) mass is 411 g/mol. The molecule has 1 N–H and O–H groups in total. The molecule has 0 fully saturated rings. The first kappa shape index (κ1) is 17.4. The maximum atomic E-state index is 12.1. The van der Waals surface area contributed by atoms with E-state index >= 15 is 0 Å². The summed E-state index contributed by atoms with van der Waals surface area (Å²) in [6, 6.07) is 6.77. The molecule has 7 heteroatoms. The number of hydrogen-bond donors (Lipinski definition) is 1. The standard InChI is InChI=1S/C13H18INO4S/c1-3-4-10-5-7-11(8-6-10)20(17,18)15-9-12(14)13(16)19-2/h5-8,12,15H,3-4,9H2,1-2H3. The summed E-state index contributed by atoms with van der Waals surface area (Å²) in [6.07, 6.45) is 1.94. The number of rotatable bonds is 7. The number of alkyl halides is 1. The number of carbonyl (C=O) groups is 1. The Morgan fingerprint density at radius 1 is 1.35 bits per heavy atom. The SMILES string of the molecule is CCCc1ccc(S(=O)(=O)NCC(I)C(=O)OC)cc1. The van der Waals surface area contributed by atoms with Crippen molar-refractivity contribution in [3.05, 3.63) is 29.8 Å². The summed E-state index contributed by atoms with van der Waals surface area (Å²) in [5.74, 6) is -0.452. The molecule has 1 aromatic rings. The van der Waals surface area contributed by atoms with E-state index in [1.165, 1.54) is 7.11 Å². The molecule has 0 saturated heterocycles. The van der Waals surface area contributed by atoms with E-state index in [1.807, 2.05) is 22.6 Å². The minimum Gasteiger partial charge on any atom is -0.468 e. The highest BCUT2D eigenvalue weighted by atomic mass is 127. The predicted octanol–water partition coefficient (Wildman–Crippen LogP) is 1.89. The molecule has 0 amide bonds. The van der Waals surface area contributed by atoms with E-state index in [1.54, 1.807) is 24.3 Å². The van der Waals surface area contributed by atoms with Crippen LogP contribution in [0.3, 0.4) is 0 Å². The van der Waals surface area contributed by atoms with Crippen LogP contribution >= 0.6 is 22.6 Å². The fourth-order valence-electron chi connectivity index (χ4n) is 1.60. The van der Waals surface area contributed by atoms with Gasteiger partial charge in [0.1, 0.15) is 3.92 Å². The van der Waals surface area contributed by atoms with E-state index in [0.29, 0.717) is 0 Å². The molecular formula is C13H18INO4S. The smallest absolute Gasteiger partial charge is 0.319 e. The van der Waals surface area contributed by atoms with Crippen LogP contribution < -0.4 is 4.72 Å². The van der Waals surface area contributed by atoms with Gasteiger partial charge in [-0.05, 0) is 24.1 Å². The van der Waals surface area contributed by atoms with Crippen LogP contribution in [0, 0.1) is 0 Å². The Balaban J connectivity index is 2.71. The normalized spacial score (nSPS) is 12.9. The number of esters is 1. The quantitative estimate of drug-likeness (QED) is 0.423. The fraction of sp³-hybridized carbons (Fsp3) is 0.462. The van der Waals surface area contributed by atoms with E-state index in [9.17, 15) is 13.2 Å². The fourth-order valence-corrected chi connectivity index (χ4v) is 3.42. The molecule has 5 nitrogen and oxygen atoms in total. The average Bonchev–Trinajstić information content (AvgIpc) is 2.45. The number of aryl methyl sites for hydroxylation is 1. The largest absolute Gasteiger partial charge is 0.468 e. The van der Waals surface area contributed by atoms with Crippen LogP contribution in [0.1, 0.15) is 18.9 Å². The molecule has 0 aliphatic carbocycles. The number of benzene rings is 1. The van der Waals surface area contributed by atoms with Crippen molar-refractivity contribution in [2.45, 2.75) is 28.6 Å². The van der Waals surface area contributed by atoms with Crippen molar-refractivity contribution in [1.29, 1.82) is 0 Å². The van der Waals surface area contributed by atoms with Gasteiger partial charge in [0.15, 0.2) is 0 Å². The van der Waals surface area contributed by atoms with E-state index in [-0.39, 0.29) is 11.4 Å². The number of sulfonamides is 1. The minimum atomic E-state index is -3.59. The molecule has 112 valence electrons. The van der Waals surface area contributed by atoms with Crippen molar-refractivity contribution in [3.8, 4) is 0 Å². The second-order valence-electron chi connectivity index (χ2n) is 4.24. The summed E-state index contributed by atoms with van der Waals surface area (Å²) in [4.78, 5) is 11.4. The molecule has 0 bridgehead atoms. The molecule has 0 aliphatic rings. The highest BCUT2D eigenvalue weighted by Crippen LogP contribution is 2.12. The minimum absolute atomic E-state index is 0.00623. The first-order chi connectivity index (χ1) is 9.40. The second kappa shape index (κ2) is 7.94. The first-order valence-corrected chi connectivity index (χ1v) is 8.94.